The topological polar surface area (TPSA) is 66.0 Å². The van der Waals surface area contributed by atoms with Gasteiger partial charge >= 0.3 is 0 Å². The van der Waals surface area contributed by atoms with E-state index in [0.717, 1.165) is 17.0 Å². The molecular formula is C10H13N2O2+. The molecule has 1 amide bonds. The molecule has 1 atom stereocenters. The summed E-state index contributed by atoms with van der Waals surface area (Å²) in [4.78, 5) is 11.1. The SMILES string of the molecule is CC([NH3+])c1ccc2c(c1)NC(=O)CO2. The van der Waals surface area contributed by atoms with E-state index in [1.807, 2.05) is 25.1 Å². The van der Waals surface area contributed by atoms with Gasteiger partial charge in [-0.25, -0.2) is 0 Å². The van der Waals surface area contributed by atoms with Crippen LogP contribution in [0.25, 0.3) is 0 Å². The number of nitrogens with one attached hydrogen (secondary N) is 1. The third-order valence-electron chi connectivity index (χ3n) is 2.21. The highest BCUT2D eigenvalue weighted by Gasteiger charge is 2.16. The molecule has 4 heteroatoms. The van der Waals surface area contributed by atoms with Crippen molar-refractivity contribution in [3.63, 3.8) is 0 Å². The maximum absolute atomic E-state index is 11.1. The minimum atomic E-state index is -0.105. The molecule has 0 spiro atoms. The molecule has 74 valence electrons. The van der Waals surface area contributed by atoms with Gasteiger partial charge in [0.1, 0.15) is 11.8 Å². The molecule has 0 bridgehead atoms. The minimum absolute atomic E-state index is 0.103. The van der Waals surface area contributed by atoms with E-state index in [9.17, 15) is 4.79 Å². The molecule has 14 heavy (non-hydrogen) atoms. The van der Waals surface area contributed by atoms with E-state index in [0.29, 0.717) is 0 Å². The van der Waals surface area contributed by atoms with Gasteiger partial charge in [-0.2, -0.15) is 0 Å². The predicted octanol–water partition coefficient (Wildman–Crippen LogP) is 0.320. The lowest BCUT2D eigenvalue weighted by Crippen LogP contribution is -2.51. The average molecular weight is 193 g/mol. The highest BCUT2D eigenvalue weighted by Crippen LogP contribution is 2.29. The first-order chi connectivity index (χ1) is 6.66. The quantitative estimate of drug-likeness (QED) is 0.674. The van der Waals surface area contributed by atoms with Crippen LogP contribution in [0.15, 0.2) is 18.2 Å². The van der Waals surface area contributed by atoms with Crippen LogP contribution in [0.3, 0.4) is 0 Å². The molecular weight excluding hydrogens is 180 g/mol. The number of amides is 1. The first-order valence-electron chi connectivity index (χ1n) is 4.56. The van der Waals surface area contributed by atoms with E-state index in [-0.39, 0.29) is 18.6 Å². The predicted molar refractivity (Wildman–Crippen MR) is 51.9 cm³/mol. The summed E-state index contributed by atoms with van der Waals surface area (Å²) in [5.41, 5.74) is 5.76. The maximum Gasteiger partial charge on any atom is 0.262 e. The Morgan fingerprint density at radius 3 is 3.07 bits per heavy atom. The number of anilines is 1. The standard InChI is InChI=1S/C10H12N2O2/c1-6(11)7-2-3-9-8(4-7)12-10(13)5-14-9/h2-4,6H,5,11H2,1H3,(H,12,13)/p+1. The van der Waals surface area contributed by atoms with Crippen molar-refractivity contribution in [2.75, 3.05) is 11.9 Å². The summed E-state index contributed by atoms with van der Waals surface area (Å²) in [5, 5.41) is 2.76. The Hall–Kier alpha value is -1.55. The van der Waals surface area contributed by atoms with Gasteiger partial charge in [-0.3, -0.25) is 4.79 Å². The fourth-order valence-corrected chi connectivity index (χ4v) is 1.41. The van der Waals surface area contributed by atoms with Crippen molar-refractivity contribution < 1.29 is 15.3 Å². The zero-order valence-corrected chi connectivity index (χ0v) is 8.04. The van der Waals surface area contributed by atoms with Crippen LogP contribution in [0.5, 0.6) is 5.75 Å². The van der Waals surface area contributed by atoms with Gasteiger partial charge in [-0.05, 0) is 25.1 Å². The number of hydrogen-bond acceptors (Lipinski definition) is 2. The van der Waals surface area contributed by atoms with Gasteiger partial charge in [0.15, 0.2) is 6.61 Å². The highest BCUT2D eigenvalue weighted by molar-refractivity contribution is 5.95. The first-order valence-corrected chi connectivity index (χ1v) is 4.56. The molecule has 0 radical (unpaired) electrons. The maximum atomic E-state index is 11.1. The Morgan fingerprint density at radius 2 is 2.36 bits per heavy atom. The number of hydrogen-bond donors (Lipinski definition) is 2. The van der Waals surface area contributed by atoms with E-state index in [1.54, 1.807) is 0 Å². The van der Waals surface area contributed by atoms with Crippen LogP contribution in [0.1, 0.15) is 18.5 Å². The lowest BCUT2D eigenvalue weighted by atomic mass is 10.1. The van der Waals surface area contributed by atoms with Crippen molar-refractivity contribution in [3.05, 3.63) is 23.8 Å². The van der Waals surface area contributed by atoms with E-state index >= 15 is 0 Å². The molecule has 4 N–H and O–H groups in total. The van der Waals surface area contributed by atoms with Crippen LogP contribution < -0.4 is 15.8 Å². The van der Waals surface area contributed by atoms with Gasteiger partial charge in [0.2, 0.25) is 0 Å². The van der Waals surface area contributed by atoms with Crippen molar-refractivity contribution in [2.24, 2.45) is 0 Å². The molecule has 1 unspecified atom stereocenters. The second kappa shape index (κ2) is 3.31. The van der Waals surface area contributed by atoms with Crippen LogP contribution in [0.2, 0.25) is 0 Å². The Morgan fingerprint density at radius 1 is 1.57 bits per heavy atom. The highest BCUT2D eigenvalue weighted by atomic mass is 16.5. The normalized spacial score (nSPS) is 16.6. The van der Waals surface area contributed by atoms with Gasteiger partial charge < -0.3 is 15.8 Å². The largest absolute Gasteiger partial charge is 0.482 e. The van der Waals surface area contributed by atoms with Crippen LogP contribution in [-0.4, -0.2) is 12.5 Å². The summed E-state index contributed by atoms with van der Waals surface area (Å²) in [6.45, 7) is 2.11. The minimum Gasteiger partial charge on any atom is -0.482 e. The summed E-state index contributed by atoms with van der Waals surface area (Å²) in [6.07, 6.45) is 0. The molecule has 0 aromatic heterocycles. The Kier molecular flexibility index (Phi) is 2.13. The average Bonchev–Trinajstić information content (AvgIpc) is 2.16. The molecule has 1 aromatic rings. The lowest BCUT2D eigenvalue weighted by molar-refractivity contribution is -0.420. The summed E-state index contributed by atoms with van der Waals surface area (Å²) < 4.78 is 5.24. The van der Waals surface area contributed by atoms with Gasteiger partial charge in [-0.1, -0.05) is 0 Å². The number of rotatable bonds is 1. The van der Waals surface area contributed by atoms with E-state index in [2.05, 4.69) is 11.1 Å². The summed E-state index contributed by atoms with van der Waals surface area (Å²) >= 11 is 0. The Bertz CT molecular complexity index is 374. The summed E-state index contributed by atoms with van der Waals surface area (Å²) in [7, 11) is 0. The molecule has 1 heterocycles. The van der Waals surface area contributed by atoms with Crippen molar-refractivity contribution in [1.82, 2.24) is 0 Å². The summed E-state index contributed by atoms with van der Waals surface area (Å²) in [6, 6.07) is 5.95. The molecule has 0 saturated heterocycles. The van der Waals surface area contributed by atoms with Crippen LogP contribution in [0, 0.1) is 0 Å². The van der Waals surface area contributed by atoms with Gasteiger partial charge in [0.25, 0.3) is 5.91 Å². The molecule has 1 aromatic carbocycles. The smallest absolute Gasteiger partial charge is 0.262 e. The number of benzene rings is 1. The monoisotopic (exact) mass is 193 g/mol. The number of ether oxygens (including phenoxy) is 1. The molecule has 0 fully saturated rings. The molecule has 1 aliphatic rings. The number of carbonyl (C=O) groups excluding carboxylic acids is 1. The second-order valence-corrected chi connectivity index (χ2v) is 3.49. The number of quaternary nitrogens is 1. The number of fused-ring (bicyclic) bond motifs is 1. The zero-order valence-electron chi connectivity index (χ0n) is 8.04. The molecule has 2 rings (SSSR count). The zero-order chi connectivity index (χ0) is 10.1. The Balaban J connectivity index is 2.37. The molecule has 0 saturated carbocycles. The number of carbonyl (C=O) groups is 1. The third-order valence-corrected chi connectivity index (χ3v) is 2.21. The van der Waals surface area contributed by atoms with Crippen molar-refractivity contribution in [3.8, 4) is 5.75 Å². The van der Waals surface area contributed by atoms with Crippen LogP contribution in [-0.2, 0) is 4.79 Å². The van der Waals surface area contributed by atoms with E-state index < -0.39 is 0 Å². The van der Waals surface area contributed by atoms with Crippen molar-refractivity contribution >= 4 is 11.6 Å². The van der Waals surface area contributed by atoms with E-state index in [4.69, 9.17) is 4.74 Å². The fraction of sp³-hybridized carbons (Fsp3) is 0.300. The summed E-state index contributed by atoms with van der Waals surface area (Å²) in [5.74, 6) is 0.625. The fourth-order valence-electron chi connectivity index (χ4n) is 1.41. The third kappa shape index (κ3) is 1.56. The first kappa shape index (κ1) is 9.02. The van der Waals surface area contributed by atoms with Crippen LogP contribution in [0.4, 0.5) is 5.69 Å². The van der Waals surface area contributed by atoms with Crippen molar-refractivity contribution in [2.45, 2.75) is 13.0 Å². The van der Waals surface area contributed by atoms with Gasteiger partial charge in [0.05, 0.1) is 5.69 Å². The van der Waals surface area contributed by atoms with E-state index in [1.165, 1.54) is 0 Å². The van der Waals surface area contributed by atoms with Crippen LogP contribution >= 0.6 is 0 Å². The molecule has 4 nitrogen and oxygen atoms in total. The van der Waals surface area contributed by atoms with Crippen molar-refractivity contribution in [1.29, 1.82) is 0 Å². The Labute approximate surface area is 82.1 Å². The molecule has 0 aliphatic carbocycles. The molecule has 1 aliphatic heterocycles. The van der Waals surface area contributed by atoms with Gasteiger partial charge in [0, 0.05) is 5.56 Å². The second-order valence-electron chi connectivity index (χ2n) is 3.49. The lowest BCUT2D eigenvalue weighted by Gasteiger charge is -2.18. The van der Waals surface area contributed by atoms with Gasteiger partial charge in [-0.15, -0.1) is 0 Å².